The molecule has 1 N–H and O–H groups in total. The maximum absolute atomic E-state index is 9.96. The van der Waals surface area contributed by atoms with Gasteiger partial charge in [0, 0.05) is 13.1 Å². The molecule has 3 heteroatoms. The van der Waals surface area contributed by atoms with E-state index in [4.69, 9.17) is 4.74 Å². The summed E-state index contributed by atoms with van der Waals surface area (Å²) in [5.74, 6) is 0.511. The number of hydrogen-bond donors (Lipinski definition) is 1. The molecule has 0 radical (unpaired) electrons. The first kappa shape index (κ1) is 9.44. The summed E-state index contributed by atoms with van der Waals surface area (Å²) in [7, 11) is 2.09. The molecule has 0 aromatic rings. The van der Waals surface area contributed by atoms with Gasteiger partial charge in [-0.05, 0) is 25.8 Å². The Hall–Kier alpha value is -0.120. The van der Waals surface area contributed by atoms with Gasteiger partial charge >= 0.3 is 0 Å². The van der Waals surface area contributed by atoms with E-state index in [9.17, 15) is 5.11 Å². The lowest BCUT2D eigenvalue weighted by Gasteiger charge is -2.39. The Labute approximate surface area is 79.7 Å². The fourth-order valence-electron chi connectivity index (χ4n) is 2.10. The molecule has 2 unspecified atom stereocenters. The maximum Gasteiger partial charge on any atom is 0.0963 e. The number of morpholine rings is 1. The number of rotatable bonds is 2. The van der Waals surface area contributed by atoms with Crippen molar-refractivity contribution in [3.63, 3.8) is 0 Å². The first-order valence-corrected chi connectivity index (χ1v) is 5.25. The number of likely N-dealkylation sites (N-methyl/N-ethyl adjacent to an activating group) is 1. The Balaban J connectivity index is 1.83. The van der Waals surface area contributed by atoms with Crippen LogP contribution in [0, 0.1) is 5.92 Å². The fourth-order valence-corrected chi connectivity index (χ4v) is 2.10. The molecule has 1 saturated carbocycles. The van der Waals surface area contributed by atoms with Gasteiger partial charge in [-0.1, -0.05) is 6.42 Å². The number of nitrogens with zero attached hydrogens (tertiary/aromatic N) is 1. The topological polar surface area (TPSA) is 32.7 Å². The molecule has 2 rings (SSSR count). The van der Waals surface area contributed by atoms with E-state index in [0.29, 0.717) is 5.92 Å². The summed E-state index contributed by atoms with van der Waals surface area (Å²) in [5, 5.41) is 9.96. The van der Waals surface area contributed by atoms with Crippen molar-refractivity contribution in [1.82, 2.24) is 4.90 Å². The minimum absolute atomic E-state index is 0.0593. The predicted octanol–water partition coefficient (Wildman–Crippen LogP) is 0.478. The fraction of sp³-hybridized carbons (Fsp3) is 1.00. The third-order valence-corrected chi connectivity index (χ3v) is 3.31. The van der Waals surface area contributed by atoms with Gasteiger partial charge in [0.25, 0.3) is 0 Å². The zero-order valence-electron chi connectivity index (χ0n) is 8.28. The molecule has 76 valence electrons. The van der Waals surface area contributed by atoms with Crippen LogP contribution in [0.5, 0.6) is 0 Å². The Kier molecular flexibility index (Phi) is 2.86. The molecule has 3 nitrogen and oxygen atoms in total. The van der Waals surface area contributed by atoms with Crippen molar-refractivity contribution >= 4 is 0 Å². The normalized spacial score (nSPS) is 34.2. The largest absolute Gasteiger partial charge is 0.390 e. The lowest BCUT2D eigenvalue weighted by atomic mass is 9.79. The SMILES string of the molecule is CN1CCOC(C(O)C2CCC2)C1. The highest BCUT2D eigenvalue weighted by atomic mass is 16.5. The van der Waals surface area contributed by atoms with E-state index in [-0.39, 0.29) is 12.2 Å². The molecule has 0 aromatic heterocycles. The Morgan fingerprint density at radius 3 is 2.77 bits per heavy atom. The summed E-state index contributed by atoms with van der Waals surface area (Å²) >= 11 is 0. The van der Waals surface area contributed by atoms with Gasteiger partial charge in [0.15, 0.2) is 0 Å². The smallest absolute Gasteiger partial charge is 0.0963 e. The molecule has 1 saturated heterocycles. The van der Waals surface area contributed by atoms with E-state index in [1.54, 1.807) is 0 Å². The highest BCUT2D eigenvalue weighted by molar-refractivity contribution is 4.85. The van der Waals surface area contributed by atoms with E-state index in [1.165, 1.54) is 19.3 Å². The van der Waals surface area contributed by atoms with Gasteiger partial charge in [-0.15, -0.1) is 0 Å². The van der Waals surface area contributed by atoms with Crippen molar-refractivity contribution in [2.45, 2.75) is 31.5 Å². The third kappa shape index (κ3) is 2.03. The lowest BCUT2D eigenvalue weighted by Crippen LogP contribution is -2.49. The van der Waals surface area contributed by atoms with Crippen molar-refractivity contribution in [2.75, 3.05) is 26.7 Å². The van der Waals surface area contributed by atoms with Crippen LogP contribution in [0.25, 0.3) is 0 Å². The molecule has 2 fully saturated rings. The van der Waals surface area contributed by atoms with Crippen LogP contribution in [0.1, 0.15) is 19.3 Å². The average Bonchev–Trinajstić information content (AvgIpc) is 2.01. The molecular weight excluding hydrogens is 166 g/mol. The van der Waals surface area contributed by atoms with E-state index in [2.05, 4.69) is 11.9 Å². The second kappa shape index (κ2) is 3.95. The lowest BCUT2D eigenvalue weighted by molar-refractivity contribution is -0.111. The highest BCUT2D eigenvalue weighted by Gasteiger charge is 2.34. The number of aliphatic hydroxyl groups excluding tert-OH is 1. The molecule has 0 bridgehead atoms. The maximum atomic E-state index is 9.96. The van der Waals surface area contributed by atoms with Crippen LogP contribution in [0.2, 0.25) is 0 Å². The Bertz CT molecular complexity index is 170. The summed E-state index contributed by atoms with van der Waals surface area (Å²) in [6.07, 6.45) is 3.49. The number of ether oxygens (including phenoxy) is 1. The number of aliphatic hydroxyl groups is 1. The zero-order chi connectivity index (χ0) is 9.26. The molecule has 1 aliphatic heterocycles. The monoisotopic (exact) mass is 185 g/mol. The summed E-state index contributed by atoms with van der Waals surface area (Å²) in [6, 6.07) is 0. The molecule has 0 spiro atoms. The van der Waals surface area contributed by atoms with Gasteiger partial charge in [-0.3, -0.25) is 0 Å². The van der Waals surface area contributed by atoms with E-state index >= 15 is 0 Å². The Morgan fingerprint density at radius 2 is 2.23 bits per heavy atom. The zero-order valence-corrected chi connectivity index (χ0v) is 8.28. The van der Waals surface area contributed by atoms with Gasteiger partial charge < -0.3 is 14.7 Å². The van der Waals surface area contributed by atoms with Gasteiger partial charge in [-0.2, -0.15) is 0 Å². The van der Waals surface area contributed by atoms with Crippen molar-refractivity contribution in [3.05, 3.63) is 0 Å². The summed E-state index contributed by atoms with van der Waals surface area (Å²) < 4.78 is 5.58. The average molecular weight is 185 g/mol. The van der Waals surface area contributed by atoms with Gasteiger partial charge in [0.05, 0.1) is 18.8 Å². The third-order valence-electron chi connectivity index (χ3n) is 3.31. The molecule has 2 atom stereocenters. The van der Waals surface area contributed by atoms with Crippen LogP contribution in [0.3, 0.4) is 0 Å². The first-order valence-electron chi connectivity index (χ1n) is 5.25. The van der Waals surface area contributed by atoms with Crippen LogP contribution in [-0.2, 0) is 4.74 Å². The van der Waals surface area contributed by atoms with E-state index in [1.807, 2.05) is 0 Å². The van der Waals surface area contributed by atoms with Crippen molar-refractivity contribution in [1.29, 1.82) is 0 Å². The van der Waals surface area contributed by atoms with Gasteiger partial charge in [-0.25, -0.2) is 0 Å². The second-order valence-electron chi connectivity index (χ2n) is 4.35. The van der Waals surface area contributed by atoms with Crippen LogP contribution < -0.4 is 0 Å². The molecule has 0 amide bonds. The summed E-state index contributed by atoms with van der Waals surface area (Å²) in [6.45, 7) is 2.65. The minimum Gasteiger partial charge on any atom is -0.390 e. The van der Waals surface area contributed by atoms with E-state index in [0.717, 1.165) is 19.7 Å². The predicted molar refractivity (Wildman–Crippen MR) is 50.6 cm³/mol. The minimum atomic E-state index is -0.225. The molecule has 1 heterocycles. The van der Waals surface area contributed by atoms with Gasteiger partial charge in [0.2, 0.25) is 0 Å². The summed E-state index contributed by atoms with van der Waals surface area (Å²) in [4.78, 5) is 2.23. The standard InChI is InChI=1S/C10H19NO2/c1-11-5-6-13-9(7-11)10(12)8-3-2-4-8/h8-10,12H,2-7H2,1H3. The quantitative estimate of drug-likeness (QED) is 0.679. The first-order chi connectivity index (χ1) is 6.27. The van der Waals surface area contributed by atoms with Crippen LogP contribution in [-0.4, -0.2) is 49.0 Å². The molecule has 0 aromatic carbocycles. The van der Waals surface area contributed by atoms with Crippen LogP contribution >= 0.6 is 0 Å². The van der Waals surface area contributed by atoms with Crippen molar-refractivity contribution < 1.29 is 9.84 Å². The second-order valence-corrected chi connectivity index (χ2v) is 4.35. The van der Waals surface area contributed by atoms with E-state index < -0.39 is 0 Å². The van der Waals surface area contributed by atoms with Crippen molar-refractivity contribution in [2.24, 2.45) is 5.92 Å². The molecule has 1 aliphatic carbocycles. The van der Waals surface area contributed by atoms with Crippen molar-refractivity contribution in [3.8, 4) is 0 Å². The van der Waals surface area contributed by atoms with Crippen LogP contribution in [0.15, 0.2) is 0 Å². The van der Waals surface area contributed by atoms with Crippen LogP contribution in [0.4, 0.5) is 0 Å². The van der Waals surface area contributed by atoms with Gasteiger partial charge in [0.1, 0.15) is 0 Å². The number of hydrogen-bond acceptors (Lipinski definition) is 3. The molecule has 13 heavy (non-hydrogen) atoms. The highest BCUT2D eigenvalue weighted by Crippen LogP contribution is 2.32. The Morgan fingerprint density at radius 1 is 1.46 bits per heavy atom. The summed E-state index contributed by atoms with van der Waals surface area (Å²) in [5.41, 5.74) is 0. The molecule has 2 aliphatic rings. The molecular formula is C10H19NO2.